The molecule has 2 aromatic carbocycles. The minimum Gasteiger partial charge on any atom is -0.508 e. The van der Waals surface area contributed by atoms with Crippen LogP contribution in [0.1, 0.15) is 135 Å². The number of hydrogen-bond donors (Lipinski definition) is 18. The van der Waals surface area contributed by atoms with E-state index in [1.54, 1.807) is 83.6 Å². The minimum absolute atomic E-state index is 0.0153. The van der Waals surface area contributed by atoms with Gasteiger partial charge in [0.2, 0.25) is 59.1 Å². The lowest BCUT2D eigenvalue weighted by atomic mass is 9.96. The predicted octanol–water partition coefficient (Wildman–Crippen LogP) is -0.450. The van der Waals surface area contributed by atoms with Gasteiger partial charge in [-0.05, 0) is 86.0 Å². The zero-order valence-electron chi connectivity index (χ0n) is 61.5. The molecular weight excluding hydrogens is 1420 g/mol. The number of benzene rings is 2. The second-order valence-electron chi connectivity index (χ2n) is 28.3. The molecule has 14 atom stereocenters. The minimum atomic E-state index is -1.65. The van der Waals surface area contributed by atoms with Gasteiger partial charge in [0.25, 0.3) is 0 Å². The van der Waals surface area contributed by atoms with Crippen molar-refractivity contribution in [3.05, 3.63) is 102 Å². The molecule has 588 valence electrons. The van der Waals surface area contributed by atoms with Crippen LogP contribution in [0.3, 0.4) is 0 Å². The monoisotopic (exact) mass is 1520 g/mol. The number of aromatic nitrogens is 4. The van der Waals surface area contributed by atoms with Gasteiger partial charge in [-0.25, -0.2) is 19.6 Å². The van der Waals surface area contributed by atoms with Crippen LogP contribution in [0, 0.1) is 17.8 Å². The quantitative estimate of drug-likeness (QED) is 0.0115. The molecule has 20 N–H and O–H groups in total. The second kappa shape index (κ2) is 41.3. The fourth-order valence-corrected chi connectivity index (χ4v) is 14.6. The number of nitrogens with one attached hydrogen (secondary N) is 13. The number of urea groups is 1. The van der Waals surface area contributed by atoms with E-state index in [0.29, 0.717) is 48.2 Å². The van der Waals surface area contributed by atoms with Gasteiger partial charge < -0.3 is 100 Å². The van der Waals surface area contributed by atoms with Gasteiger partial charge in [-0.15, -0.1) is 0 Å². The standard InChI is InChI=1S/C72H103N19O16S/c1-7-40(6)59(68(103)85-51(31-44-34-76-37-79-44)69(104)91-26-14-18-54(91)66(101)83-47(28-41-15-9-8-10-16-41)62(97)82-49(30-43-33-75-36-78-43)63(98)86-52(70(105)106)27-38(2)3)89-65(100)48(29-42-21-23-45(92)24-22-42)84-67(102)58(39(4)5)88-61(96)46(17-13-25-77-71(73)74)81-64(99)50(32-57(94)95)80-56(93)20-12-11-19-55-60-53(35-108-55)87-72(107)90-60/h8-10,15-16,21-24,33-34,36-40,46-55,58-60,92H,7,11-14,17-20,25-32,35H2,1-6H3,(H,75,78)(H,76,79)(H,80,93)(H,81,99)(H,82,97)(H,83,101)(H,84,102)(H,85,103)(H,86,98)(H,88,96)(H,89,100)(H,94,95)(H,105,106)(H4,73,74,77)(H2,87,90,107)/t40-,46-,47-,48-,49-,50-,51-,52-,53-,54-,55-,58+,59-,60-/m0/s1. The van der Waals surface area contributed by atoms with Crippen LogP contribution in [0.2, 0.25) is 0 Å². The summed E-state index contributed by atoms with van der Waals surface area (Å²) in [5.41, 5.74) is 13.0. The van der Waals surface area contributed by atoms with Gasteiger partial charge >= 0.3 is 18.0 Å². The van der Waals surface area contributed by atoms with Gasteiger partial charge in [0.1, 0.15) is 66.2 Å². The van der Waals surface area contributed by atoms with E-state index in [2.05, 4.69) is 83.4 Å². The lowest BCUT2D eigenvalue weighted by Gasteiger charge is -2.32. The van der Waals surface area contributed by atoms with Gasteiger partial charge in [-0.1, -0.05) is 96.8 Å². The number of nitrogens with two attached hydrogens (primary N) is 2. The molecule has 0 saturated carbocycles. The van der Waals surface area contributed by atoms with Crippen molar-refractivity contribution < 1.29 is 77.6 Å². The maximum atomic E-state index is 15.2. The summed E-state index contributed by atoms with van der Waals surface area (Å²) in [5, 5.41) is 60.2. The molecular formula is C72H103N19O16S. The highest BCUT2D eigenvalue weighted by atomic mass is 32.2. The lowest BCUT2D eigenvalue weighted by molar-refractivity contribution is -0.143. The topological polar surface area (TPSA) is 540 Å². The van der Waals surface area contributed by atoms with E-state index < -0.39 is 150 Å². The number of nitrogens with zero attached hydrogens (tertiary/aromatic N) is 4. The molecule has 35 nitrogen and oxygen atoms in total. The van der Waals surface area contributed by atoms with Crippen molar-refractivity contribution in [1.29, 1.82) is 0 Å². The number of carboxylic acid groups (broad SMARTS) is 2. The lowest BCUT2D eigenvalue weighted by Crippen LogP contribution is -2.62. The summed E-state index contributed by atoms with van der Waals surface area (Å²) >= 11 is 1.71. The third-order valence-corrected chi connectivity index (χ3v) is 20.5. The van der Waals surface area contributed by atoms with Crippen molar-refractivity contribution in [2.45, 2.75) is 216 Å². The molecule has 0 radical (unpaired) electrons. The summed E-state index contributed by atoms with van der Waals surface area (Å²) in [4.78, 5) is 201. The number of guanidine groups is 1. The Labute approximate surface area is 629 Å². The van der Waals surface area contributed by atoms with Crippen LogP contribution in [0.5, 0.6) is 5.75 Å². The number of likely N-dealkylation sites (tertiary alicyclic amines) is 1. The smallest absolute Gasteiger partial charge is 0.326 e. The molecule has 2 aromatic heterocycles. The number of carbonyl (C=O) groups excluding carboxylic acids is 11. The molecule has 0 bridgehead atoms. The van der Waals surface area contributed by atoms with Crippen molar-refractivity contribution in [1.82, 2.24) is 83.3 Å². The van der Waals surface area contributed by atoms with Gasteiger partial charge in [-0.3, -0.25) is 57.7 Å². The Balaban J connectivity index is 1.07. The molecule has 3 aliphatic rings. The number of hydrogen-bond acceptors (Lipinski definition) is 18. The summed E-state index contributed by atoms with van der Waals surface area (Å²) in [7, 11) is 0. The Morgan fingerprint density at radius 1 is 0.630 bits per heavy atom. The highest BCUT2D eigenvalue weighted by Crippen LogP contribution is 2.33. The predicted molar refractivity (Wildman–Crippen MR) is 396 cm³/mol. The molecule has 0 spiro atoms. The molecule has 7 rings (SSSR count). The zero-order chi connectivity index (χ0) is 78.7. The number of carboxylic acids is 2. The number of aliphatic carboxylic acids is 2. The summed E-state index contributed by atoms with van der Waals surface area (Å²) in [6.45, 7) is 10.2. The Kier molecular flexibility index (Phi) is 32.3. The van der Waals surface area contributed by atoms with Crippen LogP contribution < -0.4 is 70.0 Å². The van der Waals surface area contributed by atoms with Gasteiger partial charge in [0.05, 0.1) is 31.2 Å². The Hall–Kier alpha value is -10.8. The first-order valence-electron chi connectivity index (χ1n) is 36.4. The Bertz CT molecular complexity index is 3750. The van der Waals surface area contributed by atoms with Crippen molar-refractivity contribution in [3.8, 4) is 5.75 Å². The number of fused-ring (bicyclic) bond motifs is 1. The van der Waals surface area contributed by atoms with Crippen LogP contribution in [-0.4, -0.2) is 220 Å². The van der Waals surface area contributed by atoms with Crippen LogP contribution in [-0.2, 0) is 83.2 Å². The van der Waals surface area contributed by atoms with Gasteiger partial charge in [0, 0.05) is 80.0 Å². The summed E-state index contributed by atoms with van der Waals surface area (Å²) in [6, 6.07) is 0.0377. The number of aromatic hydroxyl groups is 1. The third-order valence-electron chi connectivity index (χ3n) is 19.0. The average molecular weight is 1520 g/mol. The van der Waals surface area contributed by atoms with E-state index in [4.69, 9.17) is 11.5 Å². The van der Waals surface area contributed by atoms with E-state index in [0.717, 1.165) is 5.75 Å². The largest absolute Gasteiger partial charge is 0.508 e. The van der Waals surface area contributed by atoms with E-state index in [1.807, 2.05) is 0 Å². The molecule has 12 amide bonds. The van der Waals surface area contributed by atoms with Crippen LogP contribution in [0.15, 0.2) is 84.6 Å². The second-order valence-corrected chi connectivity index (χ2v) is 29.6. The molecule has 5 heterocycles. The van der Waals surface area contributed by atoms with Gasteiger partial charge in [-0.2, -0.15) is 11.8 Å². The zero-order valence-corrected chi connectivity index (χ0v) is 62.3. The maximum absolute atomic E-state index is 15.2. The van der Waals surface area contributed by atoms with Crippen molar-refractivity contribution in [2.75, 3.05) is 18.8 Å². The molecule has 0 unspecified atom stereocenters. The number of unbranched alkanes of at least 4 members (excludes halogenated alkanes) is 1. The Morgan fingerprint density at radius 2 is 1.19 bits per heavy atom. The number of aromatic amines is 2. The number of phenolic OH excluding ortho intramolecular Hbond substituents is 1. The number of phenols is 1. The van der Waals surface area contributed by atoms with Gasteiger partial charge in [0.15, 0.2) is 5.96 Å². The van der Waals surface area contributed by atoms with Crippen LogP contribution in [0.25, 0.3) is 0 Å². The summed E-state index contributed by atoms with van der Waals surface area (Å²) in [5.74, 6) is -12.1. The molecule has 36 heteroatoms. The number of amides is 12. The molecule has 108 heavy (non-hydrogen) atoms. The van der Waals surface area contributed by atoms with E-state index in [9.17, 15) is 63.3 Å². The first-order chi connectivity index (χ1) is 51.5. The van der Waals surface area contributed by atoms with E-state index >= 15 is 14.4 Å². The SMILES string of the molecule is CC[C@H](C)[C@H](NC(=O)[C@H](Cc1ccc(O)cc1)NC(=O)[C@H](NC(=O)[C@H](CCCN=C(N)N)NC(=O)[C@H](CC(=O)O)NC(=O)CCCC[C@@H]1SC[C@@H]2NC(=O)N[C@@H]21)C(C)C)C(=O)N[C@@H](Cc1cnc[nH]1)C(=O)N1CCC[C@H]1C(=O)N[C@@H](Cc1ccccc1)C(=O)N[C@@H](Cc1cnc[nH]1)C(=O)N[C@@H](CC(C)C)C(=O)O. The van der Waals surface area contributed by atoms with Crippen LogP contribution in [0.4, 0.5) is 4.79 Å². The first kappa shape index (κ1) is 84.5. The highest BCUT2D eigenvalue weighted by molar-refractivity contribution is 8.00. The maximum Gasteiger partial charge on any atom is 0.326 e. The molecule has 3 fully saturated rings. The molecule has 3 aliphatic heterocycles. The molecule has 4 aromatic rings. The van der Waals surface area contributed by atoms with Crippen molar-refractivity contribution in [3.63, 3.8) is 0 Å². The fraction of sp³-hybridized carbons (Fsp3) is 0.556. The Morgan fingerprint density at radius 3 is 1.79 bits per heavy atom. The average Bonchev–Trinajstić information content (AvgIpc) is 1.58. The first-order valence-corrected chi connectivity index (χ1v) is 37.5. The number of H-pyrrole nitrogens is 2. The number of imidazole rings is 2. The number of carbonyl (C=O) groups is 13. The third kappa shape index (κ3) is 26.0. The summed E-state index contributed by atoms with van der Waals surface area (Å²) < 4.78 is 0. The van der Waals surface area contributed by atoms with Crippen molar-refractivity contribution >= 4 is 94.8 Å². The summed E-state index contributed by atoms with van der Waals surface area (Å²) in [6.07, 6.45) is 6.46. The fourth-order valence-electron chi connectivity index (χ4n) is 13.0. The molecule has 3 saturated heterocycles. The van der Waals surface area contributed by atoms with E-state index in [1.165, 1.54) is 54.2 Å². The number of thioether (sulfide) groups is 1. The number of aliphatic imine (C=N–C) groups is 1. The molecule has 0 aliphatic carbocycles. The van der Waals surface area contributed by atoms with Crippen LogP contribution >= 0.6 is 11.8 Å². The number of rotatable bonds is 43. The highest BCUT2D eigenvalue weighted by Gasteiger charge is 2.44. The van der Waals surface area contributed by atoms with Crippen molar-refractivity contribution in [2.24, 2.45) is 34.2 Å². The van der Waals surface area contributed by atoms with E-state index in [-0.39, 0.29) is 118 Å². The normalized spacial score (nSPS) is 18.6.